The van der Waals surface area contributed by atoms with Crippen molar-refractivity contribution in [2.24, 2.45) is 0 Å². The number of amides is 1. The van der Waals surface area contributed by atoms with E-state index in [9.17, 15) is 4.79 Å². The molecule has 0 aromatic heterocycles. The van der Waals surface area contributed by atoms with Gasteiger partial charge in [0.15, 0.2) is 0 Å². The van der Waals surface area contributed by atoms with E-state index in [1.807, 2.05) is 0 Å². The van der Waals surface area contributed by atoms with Gasteiger partial charge < -0.3 is 4.90 Å². The molecule has 14 heavy (non-hydrogen) atoms. The van der Waals surface area contributed by atoms with Crippen LogP contribution in [0.5, 0.6) is 0 Å². The van der Waals surface area contributed by atoms with E-state index in [1.54, 1.807) is 11.9 Å². The maximum absolute atomic E-state index is 10.4. The number of benzene rings is 1. The van der Waals surface area contributed by atoms with Crippen LogP contribution < -0.4 is 0 Å². The summed E-state index contributed by atoms with van der Waals surface area (Å²) in [5.41, 5.74) is 3.91. The molecule has 2 heteroatoms. The molecule has 0 aliphatic rings. The lowest BCUT2D eigenvalue weighted by Crippen LogP contribution is -2.19. The summed E-state index contributed by atoms with van der Waals surface area (Å²) in [7, 11) is 1.80. The molecule has 1 aromatic carbocycles. The normalized spacial score (nSPS) is 9.93. The highest BCUT2D eigenvalue weighted by Gasteiger charge is 2.00. The van der Waals surface area contributed by atoms with Gasteiger partial charge in [-0.05, 0) is 31.4 Å². The lowest BCUT2D eigenvalue weighted by Gasteiger charge is -2.12. The van der Waals surface area contributed by atoms with Crippen molar-refractivity contribution in [3.63, 3.8) is 0 Å². The first kappa shape index (κ1) is 10.8. The van der Waals surface area contributed by atoms with Gasteiger partial charge in [0.25, 0.3) is 0 Å². The molecule has 2 nitrogen and oxygen atoms in total. The van der Waals surface area contributed by atoms with Gasteiger partial charge in [0, 0.05) is 13.6 Å². The molecule has 0 aliphatic heterocycles. The average Bonchev–Trinajstić information content (AvgIpc) is 2.19. The Kier molecular flexibility index (Phi) is 3.69. The minimum atomic E-state index is 0.786. The van der Waals surface area contributed by atoms with Gasteiger partial charge in [-0.1, -0.05) is 23.8 Å². The summed E-state index contributed by atoms with van der Waals surface area (Å²) in [4.78, 5) is 12.1. The second-order valence-corrected chi connectivity index (χ2v) is 3.77. The monoisotopic (exact) mass is 191 g/mol. The van der Waals surface area contributed by atoms with E-state index in [4.69, 9.17) is 0 Å². The standard InChI is InChI=1S/C12H17NO/c1-10-4-5-11(2)12(8-10)6-7-13(3)9-14/h4-5,8-9H,6-7H2,1-3H3. The van der Waals surface area contributed by atoms with E-state index in [-0.39, 0.29) is 0 Å². The fraction of sp³-hybridized carbons (Fsp3) is 0.417. The molecular weight excluding hydrogens is 174 g/mol. The van der Waals surface area contributed by atoms with Crippen LogP contribution in [0.25, 0.3) is 0 Å². The van der Waals surface area contributed by atoms with Crippen LogP contribution in [0.15, 0.2) is 18.2 Å². The molecule has 76 valence electrons. The molecule has 1 rings (SSSR count). The average molecular weight is 191 g/mol. The number of carbonyl (C=O) groups excluding carboxylic acids is 1. The Morgan fingerprint density at radius 1 is 1.36 bits per heavy atom. The van der Waals surface area contributed by atoms with Crippen LogP contribution in [-0.4, -0.2) is 24.9 Å². The Morgan fingerprint density at radius 3 is 2.71 bits per heavy atom. The summed E-state index contributed by atoms with van der Waals surface area (Å²) in [5, 5.41) is 0. The molecule has 0 atom stereocenters. The lowest BCUT2D eigenvalue weighted by molar-refractivity contribution is -0.116. The third-order valence-electron chi connectivity index (χ3n) is 2.42. The van der Waals surface area contributed by atoms with Gasteiger partial charge >= 0.3 is 0 Å². The van der Waals surface area contributed by atoms with Crippen molar-refractivity contribution in [1.82, 2.24) is 4.90 Å². The van der Waals surface area contributed by atoms with Crippen LogP contribution in [0, 0.1) is 13.8 Å². The molecule has 0 saturated carbocycles. The van der Waals surface area contributed by atoms with Crippen LogP contribution >= 0.6 is 0 Å². The number of aryl methyl sites for hydroxylation is 2. The van der Waals surface area contributed by atoms with Gasteiger partial charge in [-0.15, -0.1) is 0 Å². The smallest absolute Gasteiger partial charge is 0.209 e. The number of carbonyl (C=O) groups is 1. The third-order valence-corrected chi connectivity index (χ3v) is 2.42. The van der Waals surface area contributed by atoms with Crippen molar-refractivity contribution >= 4 is 6.41 Å². The number of likely N-dealkylation sites (N-methyl/N-ethyl adjacent to an activating group) is 1. The Bertz CT molecular complexity index is 320. The minimum Gasteiger partial charge on any atom is -0.348 e. The number of nitrogens with zero attached hydrogens (tertiary/aromatic N) is 1. The number of rotatable bonds is 4. The third kappa shape index (κ3) is 2.87. The minimum absolute atomic E-state index is 0.786. The molecule has 0 bridgehead atoms. The van der Waals surface area contributed by atoms with E-state index in [0.29, 0.717) is 0 Å². The molecule has 0 N–H and O–H groups in total. The SMILES string of the molecule is Cc1ccc(C)c(CCN(C)C=O)c1. The maximum atomic E-state index is 10.4. The van der Waals surface area contributed by atoms with Gasteiger partial charge in [-0.25, -0.2) is 0 Å². The van der Waals surface area contributed by atoms with Crippen LogP contribution in [0.2, 0.25) is 0 Å². The summed E-state index contributed by atoms with van der Waals surface area (Å²) in [6.07, 6.45) is 1.80. The molecule has 1 amide bonds. The molecule has 0 radical (unpaired) electrons. The number of hydrogen-bond acceptors (Lipinski definition) is 1. The van der Waals surface area contributed by atoms with Crippen molar-refractivity contribution in [1.29, 1.82) is 0 Å². The molecule has 0 unspecified atom stereocenters. The second-order valence-electron chi connectivity index (χ2n) is 3.77. The molecule has 0 aliphatic carbocycles. The molecule has 0 fully saturated rings. The second kappa shape index (κ2) is 4.80. The van der Waals surface area contributed by atoms with Crippen LogP contribution in [0.4, 0.5) is 0 Å². The summed E-state index contributed by atoms with van der Waals surface area (Å²) >= 11 is 0. The van der Waals surface area contributed by atoms with E-state index in [1.165, 1.54) is 16.7 Å². The van der Waals surface area contributed by atoms with Gasteiger partial charge in [-0.3, -0.25) is 4.79 Å². The van der Waals surface area contributed by atoms with Crippen LogP contribution in [0.3, 0.4) is 0 Å². The van der Waals surface area contributed by atoms with Gasteiger partial charge in [0.05, 0.1) is 0 Å². The predicted molar refractivity (Wildman–Crippen MR) is 58.3 cm³/mol. The Morgan fingerprint density at radius 2 is 2.07 bits per heavy atom. The van der Waals surface area contributed by atoms with Gasteiger partial charge in [-0.2, -0.15) is 0 Å². The van der Waals surface area contributed by atoms with Crippen molar-refractivity contribution in [3.8, 4) is 0 Å². The van der Waals surface area contributed by atoms with E-state index >= 15 is 0 Å². The highest BCUT2D eigenvalue weighted by atomic mass is 16.1. The molecular formula is C12H17NO. The van der Waals surface area contributed by atoms with E-state index < -0.39 is 0 Å². The van der Waals surface area contributed by atoms with Crippen molar-refractivity contribution < 1.29 is 4.79 Å². The maximum Gasteiger partial charge on any atom is 0.209 e. The quantitative estimate of drug-likeness (QED) is 0.666. The first-order chi connectivity index (χ1) is 6.63. The first-order valence-electron chi connectivity index (χ1n) is 4.85. The first-order valence-corrected chi connectivity index (χ1v) is 4.85. The lowest BCUT2D eigenvalue weighted by atomic mass is 10.0. The molecule has 1 aromatic rings. The highest BCUT2D eigenvalue weighted by Crippen LogP contribution is 2.11. The topological polar surface area (TPSA) is 20.3 Å². The Hall–Kier alpha value is -1.31. The largest absolute Gasteiger partial charge is 0.348 e. The van der Waals surface area contributed by atoms with E-state index in [2.05, 4.69) is 32.0 Å². The number of hydrogen-bond donors (Lipinski definition) is 0. The Labute approximate surface area is 85.5 Å². The van der Waals surface area contributed by atoms with Crippen molar-refractivity contribution in [2.75, 3.05) is 13.6 Å². The van der Waals surface area contributed by atoms with E-state index in [0.717, 1.165) is 19.4 Å². The van der Waals surface area contributed by atoms with Crippen molar-refractivity contribution in [2.45, 2.75) is 20.3 Å². The van der Waals surface area contributed by atoms with Gasteiger partial charge in [0.1, 0.15) is 0 Å². The zero-order chi connectivity index (χ0) is 10.6. The summed E-state index contributed by atoms with van der Waals surface area (Å²) in [6, 6.07) is 6.43. The Balaban J connectivity index is 2.66. The summed E-state index contributed by atoms with van der Waals surface area (Å²) in [6.45, 7) is 4.98. The highest BCUT2D eigenvalue weighted by molar-refractivity contribution is 5.46. The predicted octanol–water partition coefficient (Wildman–Crippen LogP) is 1.93. The zero-order valence-corrected chi connectivity index (χ0v) is 9.08. The summed E-state index contributed by atoms with van der Waals surface area (Å²) in [5.74, 6) is 0. The van der Waals surface area contributed by atoms with Crippen LogP contribution in [-0.2, 0) is 11.2 Å². The van der Waals surface area contributed by atoms with Gasteiger partial charge in [0.2, 0.25) is 6.41 Å². The molecule has 0 heterocycles. The fourth-order valence-electron chi connectivity index (χ4n) is 1.42. The van der Waals surface area contributed by atoms with Crippen molar-refractivity contribution in [3.05, 3.63) is 34.9 Å². The van der Waals surface area contributed by atoms with Crippen LogP contribution in [0.1, 0.15) is 16.7 Å². The fourth-order valence-corrected chi connectivity index (χ4v) is 1.42. The molecule has 0 spiro atoms. The molecule has 0 saturated heterocycles. The summed E-state index contributed by atoms with van der Waals surface area (Å²) < 4.78 is 0. The zero-order valence-electron chi connectivity index (χ0n) is 9.08.